The van der Waals surface area contributed by atoms with Crippen molar-refractivity contribution in [2.75, 3.05) is 7.11 Å². The van der Waals surface area contributed by atoms with Gasteiger partial charge in [-0.2, -0.15) is 0 Å². The van der Waals surface area contributed by atoms with Crippen LogP contribution in [-0.4, -0.2) is 13.2 Å². The zero-order valence-corrected chi connectivity index (χ0v) is 10.0. The average molecular weight is 226 g/mol. The molecule has 82 valence electrons. The maximum absolute atomic E-state index is 6.03. The molecule has 3 heteroatoms. The fourth-order valence-electron chi connectivity index (χ4n) is 2.18. The van der Waals surface area contributed by atoms with Crippen LogP contribution in [0.1, 0.15) is 25.3 Å². The van der Waals surface area contributed by atoms with E-state index in [2.05, 4.69) is 13.8 Å². The van der Waals surface area contributed by atoms with Crippen LogP contribution in [0.15, 0.2) is 18.2 Å². The Labute approximate surface area is 95.4 Å². The van der Waals surface area contributed by atoms with Crippen molar-refractivity contribution in [3.8, 4) is 5.75 Å². The van der Waals surface area contributed by atoms with Crippen molar-refractivity contribution in [2.45, 2.75) is 25.8 Å². The highest BCUT2D eigenvalue weighted by atomic mass is 35.5. The number of nitrogens with two attached hydrogens (primary N) is 1. The Morgan fingerprint density at radius 3 is 2.47 bits per heavy atom. The average Bonchev–Trinajstić information content (AvgIpc) is 2.68. The molecule has 2 unspecified atom stereocenters. The van der Waals surface area contributed by atoms with Crippen LogP contribution in [0, 0.1) is 5.41 Å². The zero-order chi connectivity index (χ0) is 11.2. The van der Waals surface area contributed by atoms with Gasteiger partial charge in [0.1, 0.15) is 5.75 Å². The third-order valence-corrected chi connectivity index (χ3v) is 3.76. The van der Waals surface area contributed by atoms with Crippen LogP contribution in [-0.2, 0) is 0 Å². The van der Waals surface area contributed by atoms with Crippen molar-refractivity contribution in [1.82, 2.24) is 0 Å². The molecule has 1 saturated carbocycles. The van der Waals surface area contributed by atoms with Crippen LogP contribution >= 0.6 is 11.6 Å². The normalized spacial score (nSPS) is 27.5. The number of hydrogen-bond donors (Lipinski definition) is 1. The number of benzene rings is 1. The van der Waals surface area contributed by atoms with Gasteiger partial charge in [-0.05, 0) is 23.1 Å². The molecule has 1 fully saturated rings. The summed E-state index contributed by atoms with van der Waals surface area (Å²) in [6.07, 6.45) is 0. The molecular weight excluding hydrogens is 210 g/mol. The highest BCUT2D eigenvalue weighted by molar-refractivity contribution is 6.32. The quantitative estimate of drug-likeness (QED) is 0.840. The van der Waals surface area contributed by atoms with E-state index in [9.17, 15) is 0 Å². The highest BCUT2D eigenvalue weighted by Crippen LogP contribution is 2.57. The summed E-state index contributed by atoms with van der Waals surface area (Å²) in [4.78, 5) is 0. The summed E-state index contributed by atoms with van der Waals surface area (Å²) in [5.74, 6) is 1.15. The zero-order valence-electron chi connectivity index (χ0n) is 9.25. The van der Waals surface area contributed by atoms with Crippen LogP contribution in [0.2, 0.25) is 5.02 Å². The summed E-state index contributed by atoms with van der Waals surface area (Å²) < 4.78 is 5.19. The number of rotatable bonds is 2. The third kappa shape index (κ3) is 1.62. The van der Waals surface area contributed by atoms with Crippen LogP contribution in [0.4, 0.5) is 0 Å². The van der Waals surface area contributed by atoms with Gasteiger partial charge in [0.05, 0.1) is 12.1 Å². The second-order valence-corrected chi connectivity index (χ2v) is 5.13. The largest absolute Gasteiger partial charge is 0.495 e. The Morgan fingerprint density at radius 1 is 1.40 bits per heavy atom. The minimum Gasteiger partial charge on any atom is -0.495 e. The molecule has 0 aliphatic heterocycles. The van der Waals surface area contributed by atoms with Crippen LogP contribution in [0.3, 0.4) is 0 Å². The summed E-state index contributed by atoms with van der Waals surface area (Å²) in [5, 5.41) is 0.647. The molecule has 1 aliphatic rings. The summed E-state index contributed by atoms with van der Waals surface area (Å²) in [6.45, 7) is 4.37. The van der Waals surface area contributed by atoms with Gasteiger partial charge in [-0.25, -0.2) is 0 Å². The van der Waals surface area contributed by atoms with E-state index < -0.39 is 0 Å². The Morgan fingerprint density at radius 2 is 2.00 bits per heavy atom. The highest BCUT2D eigenvalue weighted by Gasteiger charge is 2.56. The summed E-state index contributed by atoms with van der Waals surface area (Å²) in [5.41, 5.74) is 7.44. The van der Waals surface area contributed by atoms with Crippen molar-refractivity contribution >= 4 is 11.6 Å². The predicted octanol–water partition coefficient (Wildman–Crippen LogP) is 2.80. The first-order valence-corrected chi connectivity index (χ1v) is 5.45. The SMILES string of the molecule is COc1cc(C2C(N)C2(C)C)ccc1Cl. The van der Waals surface area contributed by atoms with Crippen LogP contribution in [0.5, 0.6) is 5.75 Å². The van der Waals surface area contributed by atoms with Crippen molar-refractivity contribution in [3.05, 3.63) is 28.8 Å². The van der Waals surface area contributed by atoms with E-state index in [-0.39, 0.29) is 11.5 Å². The third-order valence-electron chi connectivity index (χ3n) is 3.44. The Hall–Kier alpha value is -0.730. The second-order valence-electron chi connectivity index (χ2n) is 4.72. The van der Waals surface area contributed by atoms with E-state index in [1.54, 1.807) is 7.11 Å². The van der Waals surface area contributed by atoms with Gasteiger partial charge in [-0.15, -0.1) is 0 Å². The molecular formula is C12H16ClNO. The minimum atomic E-state index is 0.193. The van der Waals surface area contributed by atoms with Crippen molar-refractivity contribution < 1.29 is 4.74 Å². The summed E-state index contributed by atoms with van der Waals surface area (Å²) >= 11 is 5.97. The molecule has 0 saturated heterocycles. The molecule has 1 aromatic carbocycles. The number of ether oxygens (including phenoxy) is 1. The maximum atomic E-state index is 6.03. The van der Waals surface area contributed by atoms with E-state index >= 15 is 0 Å². The molecule has 0 amide bonds. The van der Waals surface area contributed by atoms with E-state index in [4.69, 9.17) is 22.1 Å². The molecule has 2 rings (SSSR count). The first-order valence-electron chi connectivity index (χ1n) is 5.07. The molecule has 2 N–H and O–H groups in total. The number of methoxy groups -OCH3 is 1. The van der Waals surface area contributed by atoms with Gasteiger partial charge >= 0.3 is 0 Å². The van der Waals surface area contributed by atoms with Crippen LogP contribution < -0.4 is 10.5 Å². The Kier molecular flexibility index (Phi) is 2.44. The van der Waals surface area contributed by atoms with E-state index in [0.717, 1.165) is 5.75 Å². The summed E-state index contributed by atoms with van der Waals surface area (Å²) in [7, 11) is 1.63. The molecule has 0 aromatic heterocycles. The first kappa shape index (κ1) is 10.8. The van der Waals surface area contributed by atoms with Gasteiger partial charge in [-0.1, -0.05) is 31.5 Å². The molecule has 15 heavy (non-hydrogen) atoms. The molecule has 2 nitrogen and oxygen atoms in total. The van der Waals surface area contributed by atoms with Crippen LogP contribution in [0.25, 0.3) is 0 Å². The van der Waals surface area contributed by atoms with Gasteiger partial charge < -0.3 is 10.5 Å². The fraction of sp³-hybridized carbons (Fsp3) is 0.500. The van der Waals surface area contributed by atoms with Gasteiger partial charge in [0.15, 0.2) is 0 Å². The first-order chi connectivity index (χ1) is 6.98. The molecule has 1 aromatic rings. The molecule has 2 atom stereocenters. The maximum Gasteiger partial charge on any atom is 0.137 e. The lowest BCUT2D eigenvalue weighted by molar-refractivity contribution is 0.414. The van der Waals surface area contributed by atoms with Crippen molar-refractivity contribution in [3.63, 3.8) is 0 Å². The monoisotopic (exact) mass is 225 g/mol. The lowest BCUT2D eigenvalue weighted by Gasteiger charge is -2.07. The van der Waals surface area contributed by atoms with Gasteiger partial charge in [0, 0.05) is 12.0 Å². The van der Waals surface area contributed by atoms with E-state index in [1.807, 2.05) is 18.2 Å². The number of hydrogen-bond acceptors (Lipinski definition) is 2. The van der Waals surface area contributed by atoms with E-state index in [0.29, 0.717) is 10.9 Å². The fourth-order valence-corrected chi connectivity index (χ4v) is 2.38. The Bertz CT molecular complexity index is 389. The molecule has 1 aliphatic carbocycles. The van der Waals surface area contributed by atoms with Gasteiger partial charge in [0.2, 0.25) is 0 Å². The predicted molar refractivity (Wildman–Crippen MR) is 62.5 cm³/mol. The molecule has 0 heterocycles. The Balaban J connectivity index is 2.32. The van der Waals surface area contributed by atoms with Crippen molar-refractivity contribution in [1.29, 1.82) is 0 Å². The number of halogens is 1. The van der Waals surface area contributed by atoms with Gasteiger partial charge in [0.25, 0.3) is 0 Å². The molecule has 0 spiro atoms. The summed E-state index contributed by atoms with van der Waals surface area (Å²) in [6, 6.07) is 6.13. The van der Waals surface area contributed by atoms with E-state index in [1.165, 1.54) is 5.56 Å². The molecule has 0 radical (unpaired) electrons. The second kappa shape index (κ2) is 3.39. The standard InChI is InChI=1S/C12H16ClNO/c1-12(2)10(11(12)14)7-4-5-8(13)9(6-7)15-3/h4-6,10-11H,14H2,1-3H3. The minimum absolute atomic E-state index is 0.193. The van der Waals surface area contributed by atoms with Crippen molar-refractivity contribution in [2.24, 2.45) is 11.1 Å². The smallest absolute Gasteiger partial charge is 0.137 e. The van der Waals surface area contributed by atoms with Gasteiger partial charge in [-0.3, -0.25) is 0 Å². The topological polar surface area (TPSA) is 35.2 Å². The lowest BCUT2D eigenvalue weighted by Crippen LogP contribution is -2.06. The molecule has 0 bridgehead atoms. The lowest BCUT2D eigenvalue weighted by atomic mass is 10.0.